The van der Waals surface area contributed by atoms with Crippen molar-refractivity contribution in [3.05, 3.63) is 23.7 Å². The predicted octanol–water partition coefficient (Wildman–Crippen LogP) is 5.01. The summed E-state index contributed by atoms with van der Waals surface area (Å²) in [5.74, 6) is 1.06. The van der Waals surface area contributed by atoms with Crippen LogP contribution in [0.3, 0.4) is 0 Å². The van der Waals surface area contributed by atoms with Gasteiger partial charge in [-0.2, -0.15) is 13.2 Å². The molecule has 2 heterocycles. The van der Waals surface area contributed by atoms with E-state index in [1.54, 1.807) is 6.92 Å². The Balaban J connectivity index is 1.41. The number of rotatable bonds is 9. The normalized spacial score (nSPS) is 19.6. The highest BCUT2D eigenvalue weighted by molar-refractivity contribution is 5.79. The average Bonchev–Trinajstić information content (AvgIpc) is 3.41. The van der Waals surface area contributed by atoms with Crippen LogP contribution < -0.4 is 0 Å². The van der Waals surface area contributed by atoms with Gasteiger partial charge in [-0.25, -0.2) is 9.97 Å². The van der Waals surface area contributed by atoms with Gasteiger partial charge in [0.1, 0.15) is 22.8 Å². The number of ketones is 1. The second kappa shape index (κ2) is 7.94. The molecule has 1 atom stereocenters. The van der Waals surface area contributed by atoms with Crippen molar-refractivity contribution in [2.45, 2.75) is 89.0 Å². The Morgan fingerprint density at radius 3 is 2.50 bits per heavy atom. The smallest absolute Gasteiger partial charge is 0.389 e. The van der Waals surface area contributed by atoms with Crippen molar-refractivity contribution in [3.8, 4) is 0 Å². The first kappa shape index (κ1) is 21.3. The van der Waals surface area contributed by atoms with E-state index in [1.165, 1.54) is 6.07 Å². The maximum atomic E-state index is 13.1. The molecule has 0 radical (unpaired) electrons. The Kier molecular flexibility index (Phi) is 5.64. The third kappa shape index (κ3) is 4.53. The largest absolute Gasteiger partial charge is 0.433 e. The fraction of sp³-hybridized carbons (Fsp3) is 0.682. The number of Topliss-reactive ketones (excluding diaryl/α,β-unsaturated/α-hetero) is 1. The molecule has 164 valence electrons. The summed E-state index contributed by atoms with van der Waals surface area (Å²) in [6, 6.07) is 2.53. The Bertz CT molecular complexity index is 928. The molecule has 0 spiro atoms. The number of nitrogens with zero attached hydrogens (tertiary/aromatic N) is 3. The zero-order chi connectivity index (χ0) is 21.5. The van der Waals surface area contributed by atoms with Crippen molar-refractivity contribution >= 4 is 16.9 Å². The van der Waals surface area contributed by atoms with Crippen molar-refractivity contribution in [1.82, 2.24) is 14.5 Å². The van der Waals surface area contributed by atoms with E-state index in [1.807, 2.05) is 4.57 Å². The molecular formula is C22H28F3N3O2. The van der Waals surface area contributed by atoms with E-state index in [-0.39, 0.29) is 24.2 Å². The Hall–Kier alpha value is -1.96. The van der Waals surface area contributed by atoms with Gasteiger partial charge in [-0.3, -0.25) is 4.79 Å². The molecule has 0 saturated heterocycles. The minimum absolute atomic E-state index is 0.0656. The maximum Gasteiger partial charge on any atom is 0.433 e. The number of fused-ring (bicyclic) bond motifs is 1. The van der Waals surface area contributed by atoms with Gasteiger partial charge in [0.15, 0.2) is 5.65 Å². The van der Waals surface area contributed by atoms with Crippen LogP contribution in [0.25, 0.3) is 11.2 Å². The first-order valence-electron chi connectivity index (χ1n) is 10.8. The topological polar surface area (TPSA) is 68.0 Å². The SMILES string of the molecule is C[C@@](O)(CC(=O)CCCCc1nc2ccc(C(F)(F)F)nc2n1C1CCC1)C1CC1. The van der Waals surface area contributed by atoms with Crippen LogP contribution in [-0.2, 0) is 17.4 Å². The van der Waals surface area contributed by atoms with Gasteiger partial charge in [0, 0.05) is 25.3 Å². The van der Waals surface area contributed by atoms with Gasteiger partial charge in [0.2, 0.25) is 0 Å². The van der Waals surface area contributed by atoms with Crippen LogP contribution in [0, 0.1) is 5.92 Å². The average molecular weight is 423 g/mol. The number of aromatic nitrogens is 3. The maximum absolute atomic E-state index is 13.1. The molecule has 2 aliphatic carbocycles. The second-order valence-corrected chi connectivity index (χ2v) is 9.07. The first-order chi connectivity index (χ1) is 14.1. The minimum Gasteiger partial charge on any atom is -0.389 e. The van der Waals surface area contributed by atoms with E-state index in [2.05, 4.69) is 9.97 Å². The minimum atomic E-state index is -4.48. The molecule has 0 aliphatic heterocycles. The summed E-state index contributed by atoms with van der Waals surface area (Å²) >= 11 is 0. The number of aryl methyl sites for hydroxylation is 1. The highest BCUT2D eigenvalue weighted by Crippen LogP contribution is 2.41. The zero-order valence-corrected chi connectivity index (χ0v) is 17.2. The zero-order valence-electron chi connectivity index (χ0n) is 17.2. The number of halogens is 3. The van der Waals surface area contributed by atoms with E-state index in [0.29, 0.717) is 30.4 Å². The monoisotopic (exact) mass is 423 g/mol. The van der Waals surface area contributed by atoms with Crippen molar-refractivity contribution in [2.24, 2.45) is 5.92 Å². The van der Waals surface area contributed by atoms with Crippen LogP contribution in [0.5, 0.6) is 0 Å². The Labute approximate surface area is 173 Å². The highest BCUT2D eigenvalue weighted by Gasteiger charge is 2.41. The first-order valence-corrected chi connectivity index (χ1v) is 10.8. The third-order valence-corrected chi connectivity index (χ3v) is 6.46. The fourth-order valence-electron chi connectivity index (χ4n) is 4.33. The van der Waals surface area contributed by atoms with Gasteiger partial charge in [-0.15, -0.1) is 0 Å². The molecule has 30 heavy (non-hydrogen) atoms. The van der Waals surface area contributed by atoms with E-state index in [4.69, 9.17) is 0 Å². The fourth-order valence-corrected chi connectivity index (χ4v) is 4.33. The molecule has 2 fully saturated rings. The van der Waals surface area contributed by atoms with Crippen LogP contribution in [0.4, 0.5) is 13.2 Å². The van der Waals surface area contributed by atoms with Crippen LogP contribution in [0.1, 0.15) is 82.3 Å². The number of carbonyl (C=O) groups excluding carboxylic acids is 1. The molecule has 2 saturated carbocycles. The number of alkyl halides is 3. The summed E-state index contributed by atoms with van der Waals surface area (Å²) in [5, 5.41) is 10.3. The molecule has 8 heteroatoms. The molecule has 5 nitrogen and oxygen atoms in total. The lowest BCUT2D eigenvalue weighted by molar-refractivity contribution is -0.141. The van der Waals surface area contributed by atoms with Crippen molar-refractivity contribution in [3.63, 3.8) is 0 Å². The van der Waals surface area contributed by atoms with Crippen molar-refractivity contribution < 1.29 is 23.1 Å². The number of pyridine rings is 1. The molecule has 0 bridgehead atoms. The Morgan fingerprint density at radius 1 is 1.17 bits per heavy atom. The van der Waals surface area contributed by atoms with Crippen LogP contribution in [0.2, 0.25) is 0 Å². The molecule has 2 aliphatic rings. The molecule has 1 N–H and O–H groups in total. The Morgan fingerprint density at radius 2 is 1.90 bits per heavy atom. The number of unbranched alkanes of at least 4 members (excludes halogenated alkanes) is 1. The van der Waals surface area contributed by atoms with Crippen LogP contribution >= 0.6 is 0 Å². The van der Waals surface area contributed by atoms with Gasteiger partial charge in [0.05, 0.1) is 5.60 Å². The quantitative estimate of drug-likeness (QED) is 0.576. The molecule has 2 aromatic rings. The van der Waals surface area contributed by atoms with Crippen molar-refractivity contribution in [2.75, 3.05) is 0 Å². The van der Waals surface area contributed by atoms with Crippen LogP contribution in [-0.4, -0.2) is 31.0 Å². The van der Waals surface area contributed by atoms with Crippen molar-refractivity contribution in [1.29, 1.82) is 0 Å². The van der Waals surface area contributed by atoms with E-state index in [9.17, 15) is 23.1 Å². The number of carbonyl (C=O) groups is 1. The highest BCUT2D eigenvalue weighted by atomic mass is 19.4. The van der Waals surface area contributed by atoms with Gasteiger partial charge in [-0.05, 0) is 69.9 Å². The number of aliphatic hydroxyl groups is 1. The summed E-state index contributed by atoms with van der Waals surface area (Å²) in [6.45, 7) is 1.74. The van der Waals surface area contributed by atoms with Gasteiger partial charge in [0.25, 0.3) is 0 Å². The summed E-state index contributed by atoms with van der Waals surface area (Å²) < 4.78 is 41.2. The lowest BCUT2D eigenvalue weighted by atomic mass is 9.92. The van der Waals surface area contributed by atoms with Gasteiger partial charge >= 0.3 is 6.18 Å². The third-order valence-electron chi connectivity index (χ3n) is 6.46. The van der Waals surface area contributed by atoms with E-state index in [0.717, 1.165) is 50.4 Å². The summed E-state index contributed by atoms with van der Waals surface area (Å²) in [7, 11) is 0. The summed E-state index contributed by atoms with van der Waals surface area (Å²) in [5.41, 5.74) is -0.991. The molecule has 0 aromatic carbocycles. The number of hydrogen-bond acceptors (Lipinski definition) is 4. The van der Waals surface area contributed by atoms with Gasteiger partial charge in [-0.1, -0.05) is 0 Å². The lowest BCUT2D eigenvalue weighted by Gasteiger charge is -2.29. The molecule has 0 unspecified atom stereocenters. The standard InChI is InChI=1S/C22H28F3N3O2/c1-21(30,14-9-10-14)13-16(29)7-2-3-8-19-26-17-11-12-18(22(23,24)25)27-20(17)28(19)15-5-4-6-15/h11-12,14-15,30H,2-10,13H2,1H3/t21-/m1/s1. The van der Waals surface area contributed by atoms with Crippen LogP contribution in [0.15, 0.2) is 12.1 Å². The summed E-state index contributed by atoms with van der Waals surface area (Å²) in [6.07, 6.45) is 2.99. The number of imidazole rings is 1. The van der Waals surface area contributed by atoms with E-state index < -0.39 is 17.5 Å². The molecular weight excluding hydrogens is 395 g/mol. The second-order valence-electron chi connectivity index (χ2n) is 9.07. The lowest BCUT2D eigenvalue weighted by Crippen LogP contribution is -2.30. The number of hydrogen-bond donors (Lipinski definition) is 1. The summed E-state index contributed by atoms with van der Waals surface area (Å²) in [4.78, 5) is 20.6. The predicted molar refractivity (Wildman–Crippen MR) is 106 cm³/mol. The molecule has 2 aromatic heterocycles. The molecule has 0 amide bonds. The van der Waals surface area contributed by atoms with Gasteiger partial charge < -0.3 is 9.67 Å². The molecule has 4 rings (SSSR count). The van der Waals surface area contributed by atoms with E-state index >= 15 is 0 Å².